The van der Waals surface area contributed by atoms with Gasteiger partial charge in [0.2, 0.25) is 11.8 Å². The van der Waals surface area contributed by atoms with Gasteiger partial charge in [0, 0.05) is 19.2 Å². The molecular weight excluding hydrogens is 434 g/mol. The molecule has 0 unspecified atom stereocenters. The number of carbonyl (C=O) groups excluding carboxylic acids is 4. The summed E-state index contributed by atoms with van der Waals surface area (Å²) < 4.78 is 9.30. The van der Waals surface area contributed by atoms with Crippen molar-refractivity contribution in [3.05, 3.63) is 59.7 Å². The van der Waals surface area contributed by atoms with E-state index in [0.29, 0.717) is 27.7 Å². The van der Waals surface area contributed by atoms with Crippen molar-refractivity contribution >= 4 is 52.1 Å². The van der Waals surface area contributed by atoms with Crippen LogP contribution in [0.2, 0.25) is 0 Å². The maximum Gasteiger partial charge on any atom is 0.337 e. The summed E-state index contributed by atoms with van der Waals surface area (Å²) in [6, 6.07) is 12.7. The number of hydrogen-bond donors (Lipinski definition) is 1. The molecule has 0 saturated carbocycles. The number of amides is 2. The Hall–Kier alpha value is -3.66. The largest absolute Gasteiger partial charge is 0.465 e. The number of anilines is 1. The second kappa shape index (κ2) is 10.1. The maximum absolute atomic E-state index is 12.6. The molecule has 1 atom stereocenters. The van der Waals surface area contributed by atoms with Crippen LogP contribution < -0.4 is 5.32 Å². The fourth-order valence-electron chi connectivity index (χ4n) is 2.89. The minimum Gasteiger partial charge on any atom is -0.465 e. The molecule has 32 heavy (non-hydrogen) atoms. The normalized spacial score (nSPS) is 16.7. The molecule has 1 fully saturated rings. The topological polar surface area (TPSA) is 114 Å². The smallest absolute Gasteiger partial charge is 0.337 e. The number of carbonyl (C=O) groups is 4. The predicted molar refractivity (Wildman–Crippen MR) is 120 cm³/mol. The number of methoxy groups -OCH3 is 2. The molecule has 9 nitrogen and oxygen atoms in total. The Bertz CT molecular complexity index is 1070. The molecule has 166 valence electrons. The maximum atomic E-state index is 12.6. The number of thioether (sulfide) groups is 1. The van der Waals surface area contributed by atoms with Crippen molar-refractivity contribution in [2.75, 3.05) is 26.6 Å². The third-order valence-corrected chi connectivity index (χ3v) is 5.84. The van der Waals surface area contributed by atoms with E-state index in [1.807, 2.05) is 0 Å². The highest BCUT2D eigenvalue weighted by Gasteiger charge is 2.37. The van der Waals surface area contributed by atoms with E-state index in [4.69, 9.17) is 0 Å². The standard InChI is InChI=1S/C22H21N3O6S/c1-25-19(27)17(12-18(26)23-15-8-4-13(5-9-15)20(28)30-2)32-22(25)24-16-10-6-14(7-11-16)21(29)31-3/h4-11,17H,12H2,1-3H3,(H,23,26)/t17-/m0/s1. The number of rotatable bonds is 6. The highest BCUT2D eigenvalue weighted by atomic mass is 32.2. The molecule has 2 aromatic carbocycles. The Labute approximate surface area is 188 Å². The zero-order valence-electron chi connectivity index (χ0n) is 17.7. The fraction of sp³-hybridized carbons (Fsp3) is 0.227. The molecule has 1 aliphatic heterocycles. The number of esters is 2. The van der Waals surface area contributed by atoms with Crippen molar-refractivity contribution in [2.24, 2.45) is 4.99 Å². The number of aliphatic imine (C=N–C) groups is 1. The van der Waals surface area contributed by atoms with Gasteiger partial charge in [0.1, 0.15) is 5.25 Å². The predicted octanol–water partition coefficient (Wildman–Crippen LogP) is 2.85. The van der Waals surface area contributed by atoms with Crippen molar-refractivity contribution in [1.29, 1.82) is 0 Å². The summed E-state index contributed by atoms with van der Waals surface area (Å²) in [6.07, 6.45) is -0.0348. The van der Waals surface area contributed by atoms with Gasteiger partial charge in [-0.25, -0.2) is 14.6 Å². The van der Waals surface area contributed by atoms with Crippen LogP contribution >= 0.6 is 11.8 Å². The van der Waals surface area contributed by atoms with Gasteiger partial charge in [-0.2, -0.15) is 0 Å². The molecule has 1 saturated heterocycles. The Kier molecular flexibility index (Phi) is 7.26. The second-order valence-corrected chi connectivity index (χ2v) is 7.93. The summed E-state index contributed by atoms with van der Waals surface area (Å²) in [7, 11) is 4.20. The number of amidine groups is 1. The average Bonchev–Trinajstić information content (AvgIpc) is 3.06. The molecule has 2 amide bonds. The Morgan fingerprint density at radius 2 is 1.50 bits per heavy atom. The third-order valence-electron chi connectivity index (χ3n) is 4.61. The molecular formula is C22H21N3O6S. The first kappa shape index (κ1) is 23.0. The van der Waals surface area contributed by atoms with Crippen LogP contribution in [-0.4, -0.2) is 60.3 Å². The fourth-order valence-corrected chi connectivity index (χ4v) is 4.04. The number of hydrogen-bond acceptors (Lipinski definition) is 8. The van der Waals surface area contributed by atoms with Crippen molar-refractivity contribution in [1.82, 2.24) is 4.90 Å². The molecule has 1 aliphatic rings. The van der Waals surface area contributed by atoms with Crippen LogP contribution in [0.5, 0.6) is 0 Å². The lowest BCUT2D eigenvalue weighted by Gasteiger charge is -2.09. The van der Waals surface area contributed by atoms with Crippen LogP contribution in [0.3, 0.4) is 0 Å². The first-order valence-corrected chi connectivity index (χ1v) is 10.4. The Morgan fingerprint density at radius 3 is 2.03 bits per heavy atom. The number of nitrogens with one attached hydrogen (secondary N) is 1. The summed E-state index contributed by atoms with van der Waals surface area (Å²) in [5.74, 6) is -1.47. The van der Waals surface area contributed by atoms with Crippen LogP contribution in [0.1, 0.15) is 27.1 Å². The number of nitrogens with zero attached hydrogens (tertiary/aromatic N) is 2. The highest BCUT2D eigenvalue weighted by Crippen LogP contribution is 2.31. The zero-order valence-corrected chi connectivity index (χ0v) is 18.5. The lowest BCUT2D eigenvalue weighted by Crippen LogP contribution is -2.30. The monoisotopic (exact) mass is 455 g/mol. The first-order valence-electron chi connectivity index (χ1n) is 9.52. The van der Waals surface area contributed by atoms with Crippen LogP contribution in [-0.2, 0) is 19.1 Å². The van der Waals surface area contributed by atoms with Gasteiger partial charge in [0.15, 0.2) is 5.17 Å². The molecule has 0 bridgehead atoms. The van der Waals surface area contributed by atoms with E-state index < -0.39 is 17.2 Å². The highest BCUT2D eigenvalue weighted by molar-refractivity contribution is 8.15. The molecule has 2 aromatic rings. The van der Waals surface area contributed by atoms with Crippen molar-refractivity contribution in [3.8, 4) is 0 Å². The Balaban J connectivity index is 1.62. The quantitative estimate of drug-likeness (QED) is 0.666. The zero-order chi connectivity index (χ0) is 23.3. The molecule has 0 radical (unpaired) electrons. The molecule has 0 spiro atoms. The van der Waals surface area contributed by atoms with E-state index in [-0.39, 0.29) is 18.2 Å². The van der Waals surface area contributed by atoms with Crippen molar-refractivity contribution in [3.63, 3.8) is 0 Å². The van der Waals surface area contributed by atoms with Crippen molar-refractivity contribution in [2.45, 2.75) is 11.7 Å². The summed E-state index contributed by atoms with van der Waals surface area (Å²) in [5, 5.41) is 2.57. The second-order valence-electron chi connectivity index (χ2n) is 6.76. The van der Waals surface area contributed by atoms with E-state index in [9.17, 15) is 19.2 Å². The minimum atomic E-state index is -0.609. The summed E-state index contributed by atoms with van der Waals surface area (Å²) in [4.78, 5) is 53.8. The number of benzene rings is 2. The van der Waals surface area contributed by atoms with Gasteiger partial charge >= 0.3 is 11.9 Å². The molecule has 1 heterocycles. The molecule has 1 N–H and O–H groups in total. The van der Waals surface area contributed by atoms with E-state index in [0.717, 1.165) is 0 Å². The van der Waals surface area contributed by atoms with Gasteiger partial charge in [0.05, 0.1) is 31.0 Å². The lowest BCUT2D eigenvalue weighted by molar-refractivity contribution is -0.127. The van der Waals surface area contributed by atoms with Gasteiger partial charge in [-0.05, 0) is 48.5 Å². The minimum absolute atomic E-state index is 0.0348. The first-order chi connectivity index (χ1) is 15.3. The van der Waals surface area contributed by atoms with Gasteiger partial charge in [0.25, 0.3) is 0 Å². The van der Waals surface area contributed by atoms with Gasteiger partial charge in [-0.1, -0.05) is 11.8 Å². The summed E-state index contributed by atoms with van der Waals surface area (Å²) in [5.41, 5.74) is 1.84. The van der Waals surface area contributed by atoms with Crippen LogP contribution in [0.4, 0.5) is 11.4 Å². The van der Waals surface area contributed by atoms with E-state index in [2.05, 4.69) is 19.8 Å². The molecule has 3 rings (SSSR count). The summed E-state index contributed by atoms with van der Waals surface area (Å²) >= 11 is 1.20. The van der Waals surface area contributed by atoms with Gasteiger partial charge < -0.3 is 14.8 Å². The third kappa shape index (κ3) is 5.33. The van der Waals surface area contributed by atoms with E-state index >= 15 is 0 Å². The van der Waals surface area contributed by atoms with Crippen LogP contribution in [0.25, 0.3) is 0 Å². The molecule has 0 aromatic heterocycles. The lowest BCUT2D eigenvalue weighted by atomic mass is 10.2. The van der Waals surface area contributed by atoms with Gasteiger partial charge in [-0.15, -0.1) is 0 Å². The Morgan fingerprint density at radius 1 is 0.969 bits per heavy atom. The van der Waals surface area contributed by atoms with E-state index in [1.54, 1.807) is 55.6 Å². The van der Waals surface area contributed by atoms with Crippen LogP contribution in [0.15, 0.2) is 53.5 Å². The van der Waals surface area contributed by atoms with Crippen molar-refractivity contribution < 1.29 is 28.7 Å². The summed E-state index contributed by atoms with van der Waals surface area (Å²) in [6.45, 7) is 0. The van der Waals surface area contributed by atoms with Gasteiger partial charge in [-0.3, -0.25) is 14.5 Å². The average molecular weight is 455 g/mol. The van der Waals surface area contributed by atoms with Crippen LogP contribution in [0, 0.1) is 0 Å². The number of ether oxygens (including phenoxy) is 2. The molecule has 10 heteroatoms. The SMILES string of the molecule is COC(=O)c1ccc(N=C2S[C@@H](CC(=O)Nc3ccc(C(=O)OC)cc3)C(=O)N2C)cc1. The molecule has 0 aliphatic carbocycles. The van der Waals surface area contributed by atoms with E-state index in [1.165, 1.54) is 30.9 Å².